The molecule has 19 heavy (non-hydrogen) atoms. The zero-order chi connectivity index (χ0) is 14.3. The Hall–Kier alpha value is -0.860. The highest BCUT2D eigenvalue weighted by molar-refractivity contribution is 5.19. The van der Waals surface area contributed by atoms with Crippen LogP contribution in [0.1, 0.15) is 52.1 Å². The third kappa shape index (κ3) is 4.96. The first-order chi connectivity index (χ1) is 9.04. The van der Waals surface area contributed by atoms with E-state index in [4.69, 9.17) is 5.73 Å². The van der Waals surface area contributed by atoms with E-state index in [1.165, 1.54) is 12.0 Å². The highest BCUT2D eigenvalue weighted by atomic mass is 15.2. The van der Waals surface area contributed by atoms with Crippen LogP contribution in [-0.2, 0) is 0 Å². The van der Waals surface area contributed by atoms with Gasteiger partial charge in [0.15, 0.2) is 0 Å². The summed E-state index contributed by atoms with van der Waals surface area (Å²) in [7, 11) is 0. The summed E-state index contributed by atoms with van der Waals surface area (Å²) in [6.45, 7) is 12.0. The van der Waals surface area contributed by atoms with Crippen LogP contribution in [0, 0.1) is 5.41 Å². The predicted octanol–water partition coefficient (Wildman–Crippen LogP) is 3.83. The average molecular weight is 262 g/mol. The number of benzene rings is 1. The quantitative estimate of drug-likeness (QED) is 0.771. The van der Waals surface area contributed by atoms with Gasteiger partial charge in [-0.15, -0.1) is 0 Å². The van der Waals surface area contributed by atoms with Gasteiger partial charge in [0.1, 0.15) is 0 Å². The van der Waals surface area contributed by atoms with Gasteiger partial charge in [-0.05, 0) is 36.9 Å². The Balaban J connectivity index is 2.89. The first-order valence-electron chi connectivity index (χ1n) is 7.53. The van der Waals surface area contributed by atoms with Gasteiger partial charge in [-0.1, -0.05) is 58.0 Å². The van der Waals surface area contributed by atoms with E-state index in [1.54, 1.807) is 0 Å². The van der Waals surface area contributed by atoms with Gasteiger partial charge < -0.3 is 5.73 Å². The maximum Gasteiger partial charge on any atom is 0.0345 e. The van der Waals surface area contributed by atoms with E-state index in [1.807, 2.05) is 0 Å². The van der Waals surface area contributed by atoms with Crippen LogP contribution in [0.15, 0.2) is 30.3 Å². The third-order valence-electron chi connectivity index (χ3n) is 3.71. The Kier molecular flexibility index (Phi) is 6.53. The molecular weight excluding hydrogens is 232 g/mol. The summed E-state index contributed by atoms with van der Waals surface area (Å²) >= 11 is 0. The van der Waals surface area contributed by atoms with Gasteiger partial charge >= 0.3 is 0 Å². The van der Waals surface area contributed by atoms with Crippen LogP contribution in [0.2, 0.25) is 0 Å². The molecule has 1 aromatic carbocycles. The van der Waals surface area contributed by atoms with Crippen LogP contribution in [-0.4, -0.2) is 24.5 Å². The molecule has 108 valence electrons. The molecule has 2 nitrogen and oxygen atoms in total. The van der Waals surface area contributed by atoms with Crippen molar-refractivity contribution in [2.45, 2.75) is 46.6 Å². The molecule has 0 saturated carbocycles. The first kappa shape index (κ1) is 16.2. The highest BCUT2D eigenvalue weighted by Crippen LogP contribution is 2.28. The number of rotatable bonds is 8. The Morgan fingerprint density at radius 1 is 1.16 bits per heavy atom. The molecule has 0 aliphatic rings. The maximum atomic E-state index is 5.90. The monoisotopic (exact) mass is 262 g/mol. The molecule has 0 aliphatic carbocycles. The molecule has 0 radical (unpaired) electrons. The average Bonchev–Trinajstić information content (AvgIpc) is 2.41. The van der Waals surface area contributed by atoms with E-state index in [0.717, 1.165) is 26.1 Å². The fourth-order valence-corrected chi connectivity index (χ4v) is 2.63. The second-order valence-corrected chi connectivity index (χ2v) is 6.17. The lowest BCUT2D eigenvalue weighted by atomic mass is 9.91. The van der Waals surface area contributed by atoms with Crippen molar-refractivity contribution in [3.8, 4) is 0 Å². The van der Waals surface area contributed by atoms with E-state index in [-0.39, 0.29) is 5.41 Å². The lowest BCUT2D eigenvalue weighted by Gasteiger charge is -2.37. The summed E-state index contributed by atoms with van der Waals surface area (Å²) in [5, 5.41) is 0. The Morgan fingerprint density at radius 2 is 1.79 bits per heavy atom. The van der Waals surface area contributed by atoms with Crippen molar-refractivity contribution in [3.05, 3.63) is 35.9 Å². The van der Waals surface area contributed by atoms with Gasteiger partial charge in [-0.25, -0.2) is 0 Å². The predicted molar refractivity (Wildman–Crippen MR) is 84.2 cm³/mol. The van der Waals surface area contributed by atoms with Gasteiger partial charge in [-0.3, -0.25) is 4.90 Å². The minimum Gasteiger partial charge on any atom is -0.330 e. The molecule has 0 amide bonds. The number of hydrogen-bond acceptors (Lipinski definition) is 2. The zero-order valence-electron chi connectivity index (χ0n) is 13.0. The summed E-state index contributed by atoms with van der Waals surface area (Å²) in [6.07, 6.45) is 2.33. The Morgan fingerprint density at radius 3 is 2.26 bits per heavy atom. The molecule has 0 fully saturated rings. The van der Waals surface area contributed by atoms with Gasteiger partial charge in [-0.2, -0.15) is 0 Å². The van der Waals surface area contributed by atoms with Crippen molar-refractivity contribution in [3.63, 3.8) is 0 Å². The molecule has 0 aliphatic heterocycles. The molecule has 1 aromatic rings. The fraction of sp³-hybridized carbons (Fsp3) is 0.647. The summed E-state index contributed by atoms with van der Waals surface area (Å²) in [6, 6.07) is 11.3. The van der Waals surface area contributed by atoms with Crippen molar-refractivity contribution in [1.82, 2.24) is 4.90 Å². The van der Waals surface area contributed by atoms with E-state index >= 15 is 0 Å². The summed E-state index contributed by atoms with van der Waals surface area (Å²) < 4.78 is 0. The molecule has 0 bridgehead atoms. The van der Waals surface area contributed by atoms with Gasteiger partial charge in [0.2, 0.25) is 0 Å². The van der Waals surface area contributed by atoms with E-state index in [9.17, 15) is 0 Å². The number of nitrogens with two attached hydrogens (primary N) is 1. The highest BCUT2D eigenvalue weighted by Gasteiger charge is 2.25. The second kappa shape index (κ2) is 7.66. The summed E-state index contributed by atoms with van der Waals surface area (Å²) in [4.78, 5) is 2.60. The fourth-order valence-electron chi connectivity index (χ4n) is 2.63. The molecular formula is C17H30N2. The minimum atomic E-state index is 0.178. The largest absolute Gasteiger partial charge is 0.330 e. The second-order valence-electron chi connectivity index (χ2n) is 6.17. The van der Waals surface area contributed by atoms with E-state index < -0.39 is 0 Å². The van der Waals surface area contributed by atoms with E-state index in [2.05, 4.69) is 62.9 Å². The van der Waals surface area contributed by atoms with Gasteiger partial charge in [0, 0.05) is 12.6 Å². The first-order valence-corrected chi connectivity index (χ1v) is 7.53. The zero-order valence-corrected chi connectivity index (χ0v) is 13.0. The molecule has 0 heterocycles. The van der Waals surface area contributed by atoms with E-state index in [0.29, 0.717) is 6.04 Å². The molecule has 1 rings (SSSR count). The molecule has 2 heteroatoms. The Labute approximate surface area is 119 Å². The van der Waals surface area contributed by atoms with Crippen molar-refractivity contribution >= 4 is 0 Å². The minimum absolute atomic E-state index is 0.178. The molecule has 0 aromatic heterocycles. The third-order valence-corrected chi connectivity index (χ3v) is 3.71. The topological polar surface area (TPSA) is 29.3 Å². The van der Waals surface area contributed by atoms with Crippen LogP contribution < -0.4 is 5.73 Å². The van der Waals surface area contributed by atoms with Crippen molar-refractivity contribution in [1.29, 1.82) is 0 Å². The molecule has 1 unspecified atom stereocenters. The van der Waals surface area contributed by atoms with Gasteiger partial charge in [0.05, 0.1) is 0 Å². The van der Waals surface area contributed by atoms with Crippen LogP contribution in [0.4, 0.5) is 0 Å². The van der Waals surface area contributed by atoms with Crippen LogP contribution in [0.3, 0.4) is 0 Å². The van der Waals surface area contributed by atoms with Gasteiger partial charge in [0.25, 0.3) is 0 Å². The number of hydrogen-bond donors (Lipinski definition) is 1. The molecule has 1 atom stereocenters. The molecule has 0 saturated heterocycles. The number of nitrogens with zero attached hydrogens (tertiary/aromatic N) is 1. The van der Waals surface area contributed by atoms with Crippen LogP contribution in [0.25, 0.3) is 0 Å². The molecule has 2 N–H and O–H groups in total. The summed E-state index contributed by atoms with van der Waals surface area (Å²) in [5.41, 5.74) is 7.50. The Bertz CT molecular complexity index is 346. The summed E-state index contributed by atoms with van der Waals surface area (Å²) in [5.74, 6) is 0. The van der Waals surface area contributed by atoms with Crippen molar-refractivity contribution in [2.75, 3.05) is 19.6 Å². The maximum absolute atomic E-state index is 5.90. The SMILES string of the molecule is CCCN(CC(C)(C)CN)C(CC)c1ccccc1. The smallest absolute Gasteiger partial charge is 0.0345 e. The van der Waals surface area contributed by atoms with Crippen LogP contribution >= 0.6 is 0 Å². The molecule has 0 spiro atoms. The normalized spacial score (nSPS) is 13.8. The van der Waals surface area contributed by atoms with Crippen molar-refractivity contribution < 1.29 is 0 Å². The lowest BCUT2D eigenvalue weighted by Crippen LogP contribution is -2.41. The lowest BCUT2D eigenvalue weighted by molar-refractivity contribution is 0.128. The van der Waals surface area contributed by atoms with Crippen LogP contribution in [0.5, 0.6) is 0 Å². The standard InChI is InChI=1S/C17H30N2/c1-5-12-19(14-17(3,4)13-18)16(6-2)15-10-8-7-9-11-15/h7-11,16H,5-6,12-14,18H2,1-4H3. The van der Waals surface area contributed by atoms with Crippen molar-refractivity contribution in [2.24, 2.45) is 11.1 Å².